The van der Waals surface area contributed by atoms with Gasteiger partial charge in [0, 0.05) is 6.07 Å². The van der Waals surface area contributed by atoms with Crippen LogP contribution in [0.3, 0.4) is 0 Å². The molecule has 0 aliphatic carbocycles. The van der Waals surface area contributed by atoms with E-state index in [1.165, 1.54) is 25.5 Å². The van der Waals surface area contributed by atoms with Crippen LogP contribution in [0.1, 0.15) is 16.7 Å². The summed E-state index contributed by atoms with van der Waals surface area (Å²) < 4.78 is 11.0. The normalized spacial score (nSPS) is 11.2. The van der Waals surface area contributed by atoms with E-state index in [4.69, 9.17) is 9.47 Å². The summed E-state index contributed by atoms with van der Waals surface area (Å²) >= 11 is 0. The fourth-order valence-corrected chi connectivity index (χ4v) is 3.85. The van der Waals surface area contributed by atoms with Gasteiger partial charge in [-0.05, 0) is 41.0 Å². The second-order valence-corrected chi connectivity index (χ2v) is 8.32. The number of hydrogen-bond acceptors (Lipinski definition) is 9. The highest BCUT2D eigenvalue weighted by molar-refractivity contribution is 5.91. The third kappa shape index (κ3) is 5.76. The van der Waals surface area contributed by atoms with Crippen molar-refractivity contribution >= 4 is 23.5 Å². The standard InChI is InChI=1S/C28H22N4O8/c1-39-26-16-19(12-14-25(26)40-24-15-13-22(31(35)36)17-23(24)32(37)38)18-29-30-27(33)28(34,20-8-4-2-5-9-20)21-10-6-3-7-11-21/h2-18,34H,1H3,(H,30,33). The Bertz CT molecular complexity index is 1540. The molecule has 4 aromatic carbocycles. The average Bonchev–Trinajstić information content (AvgIpc) is 2.98. The van der Waals surface area contributed by atoms with Crippen molar-refractivity contribution in [2.75, 3.05) is 7.11 Å². The third-order valence-corrected chi connectivity index (χ3v) is 5.85. The summed E-state index contributed by atoms with van der Waals surface area (Å²) in [6.45, 7) is 0. The number of nitrogens with one attached hydrogen (secondary N) is 1. The quantitative estimate of drug-likeness (QED) is 0.165. The predicted octanol–water partition coefficient (Wildman–Crippen LogP) is 4.69. The average molecular weight is 543 g/mol. The first-order chi connectivity index (χ1) is 19.2. The molecule has 4 rings (SSSR count). The van der Waals surface area contributed by atoms with Gasteiger partial charge in [-0.3, -0.25) is 25.0 Å². The molecule has 4 aromatic rings. The zero-order valence-electron chi connectivity index (χ0n) is 21.0. The number of carbonyl (C=O) groups excluding carboxylic acids is 1. The largest absolute Gasteiger partial charge is 0.493 e. The number of carbonyl (C=O) groups is 1. The van der Waals surface area contributed by atoms with Crippen molar-refractivity contribution in [3.05, 3.63) is 134 Å². The molecule has 12 heteroatoms. The van der Waals surface area contributed by atoms with Crippen LogP contribution >= 0.6 is 0 Å². The number of non-ortho nitro benzene ring substituents is 1. The fraction of sp³-hybridized carbons (Fsp3) is 0.0714. The first kappa shape index (κ1) is 27.4. The lowest BCUT2D eigenvalue weighted by Crippen LogP contribution is -2.43. The molecular weight excluding hydrogens is 520 g/mol. The van der Waals surface area contributed by atoms with E-state index >= 15 is 0 Å². The molecule has 0 aromatic heterocycles. The lowest BCUT2D eigenvalue weighted by molar-refractivity contribution is -0.394. The Morgan fingerprint density at radius 3 is 2.00 bits per heavy atom. The summed E-state index contributed by atoms with van der Waals surface area (Å²) in [5.41, 5.74) is 0.507. The van der Waals surface area contributed by atoms with Crippen LogP contribution in [0.4, 0.5) is 11.4 Å². The number of hydrogen-bond donors (Lipinski definition) is 2. The topological polar surface area (TPSA) is 166 Å². The van der Waals surface area contributed by atoms with Gasteiger partial charge in [0.05, 0.1) is 29.2 Å². The molecule has 0 heterocycles. The van der Waals surface area contributed by atoms with Crippen LogP contribution in [0.15, 0.2) is 102 Å². The van der Waals surface area contributed by atoms with Gasteiger partial charge in [0.2, 0.25) is 5.75 Å². The van der Waals surface area contributed by atoms with E-state index in [2.05, 4.69) is 10.5 Å². The highest BCUT2D eigenvalue weighted by Crippen LogP contribution is 2.38. The van der Waals surface area contributed by atoms with Crippen LogP contribution in [0, 0.1) is 20.2 Å². The summed E-state index contributed by atoms with van der Waals surface area (Å²) in [6.07, 6.45) is 1.31. The molecule has 1 amide bonds. The number of hydrazone groups is 1. The fourth-order valence-electron chi connectivity index (χ4n) is 3.85. The van der Waals surface area contributed by atoms with Crippen molar-refractivity contribution < 1.29 is 29.2 Å². The Morgan fingerprint density at radius 1 is 0.850 bits per heavy atom. The van der Waals surface area contributed by atoms with Gasteiger partial charge in [-0.2, -0.15) is 5.10 Å². The van der Waals surface area contributed by atoms with Crippen molar-refractivity contribution in [2.45, 2.75) is 5.60 Å². The Labute approximate surface area is 227 Å². The predicted molar refractivity (Wildman–Crippen MR) is 144 cm³/mol. The zero-order chi connectivity index (χ0) is 28.7. The van der Waals surface area contributed by atoms with Crippen LogP contribution in [-0.2, 0) is 10.4 Å². The second-order valence-electron chi connectivity index (χ2n) is 8.32. The summed E-state index contributed by atoms with van der Waals surface area (Å²) in [7, 11) is 1.36. The summed E-state index contributed by atoms with van der Waals surface area (Å²) in [5.74, 6) is -0.724. The van der Waals surface area contributed by atoms with Gasteiger partial charge in [0.1, 0.15) is 0 Å². The molecule has 40 heavy (non-hydrogen) atoms. The van der Waals surface area contributed by atoms with Gasteiger partial charge in [0.25, 0.3) is 11.6 Å². The van der Waals surface area contributed by atoms with Crippen molar-refractivity contribution in [1.29, 1.82) is 0 Å². The molecule has 0 aliphatic heterocycles. The molecule has 0 fully saturated rings. The van der Waals surface area contributed by atoms with Gasteiger partial charge in [-0.25, -0.2) is 5.43 Å². The third-order valence-electron chi connectivity index (χ3n) is 5.85. The minimum atomic E-state index is -2.01. The molecule has 0 saturated heterocycles. The highest BCUT2D eigenvalue weighted by Gasteiger charge is 2.39. The van der Waals surface area contributed by atoms with E-state index in [0.717, 1.165) is 18.2 Å². The maximum atomic E-state index is 13.2. The maximum Gasteiger partial charge on any atom is 0.318 e. The van der Waals surface area contributed by atoms with Crippen LogP contribution in [-0.4, -0.2) is 34.2 Å². The van der Waals surface area contributed by atoms with Crippen LogP contribution in [0.25, 0.3) is 0 Å². The molecule has 0 saturated carbocycles. The molecular formula is C28H22N4O8. The Kier molecular flexibility index (Phi) is 8.11. The van der Waals surface area contributed by atoms with E-state index in [-0.39, 0.29) is 17.2 Å². The Hall–Kier alpha value is -5.62. The number of rotatable bonds is 10. The molecule has 0 spiro atoms. The van der Waals surface area contributed by atoms with Gasteiger partial charge >= 0.3 is 5.69 Å². The first-order valence-electron chi connectivity index (χ1n) is 11.7. The Balaban J connectivity index is 1.55. The molecule has 0 unspecified atom stereocenters. The van der Waals surface area contributed by atoms with Crippen molar-refractivity contribution in [2.24, 2.45) is 5.10 Å². The van der Waals surface area contributed by atoms with Gasteiger partial charge in [-0.15, -0.1) is 0 Å². The van der Waals surface area contributed by atoms with Crippen LogP contribution in [0.5, 0.6) is 17.2 Å². The van der Waals surface area contributed by atoms with Crippen LogP contribution in [0.2, 0.25) is 0 Å². The van der Waals surface area contributed by atoms with E-state index in [0.29, 0.717) is 16.7 Å². The van der Waals surface area contributed by atoms with E-state index in [9.17, 15) is 30.1 Å². The summed E-state index contributed by atoms with van der Waals surface area (Å²) in [5, 5.41) is 37.9. The molecule has 0 radical (unpaired) electrons. The molecule has 12 nitrogen and oxygen atoms in total. The van der Waals surface area contributed by atoms with Crippen molar-refractivity contribution in [1.82, 2.24) is 5.43 Å². The number of benzene rings is 4. The van der Waals surface area contributed by atoms with E-state index < -0.39 is 32.7 Å². The zero-order valence-corrected chi connectivity index (χ0v) is 21.0. The molecule has 0 atom stereocenters. The molecule has 0 bridgehead atoms. The van der Waals surface area contributed by atoms with Crippen LogP contribution < -0.4 is 14.9 Å². The maximum absolute atomic E-state index is 13.2. The minimum Gasteiger partial charge on any atom is -0.493 e. The van der Waals surface area contributed by atoms with Crippen molar-refractivity contribution in [3.8, 4) is 17.2 Å². The summed E-state index contributed by atoms with van der Waals surface area (Å²) in [6, 6.07) is 24.4. The SMILES string of the molecule is COc1cc(C=NNC(=O)C(O)(c2ccccc2)c2ccccc2)ccc1Oc1ccc([N+](=O)[O-])cc1[N+](=O)[O-]. The monoisotopic (exact) mass is 542 g/mol. The number of nitro benzene ring substituents is 2. The number of ether oxygens (including phenoxy) is 2. The highest BCUT2D eigenvalue weighted by atomic mass is 16.6. The lowest BCUT2D eigenvalue weighted by atomic mass is 9.85. The lowest BCUT2D eigenvalue weighted by Gasteiger charge is -2.27. The first-order valence-corrected chi connectivity index (χ1v) is 11.7. The van der Waals surface area contributed by atoms with Crippen molar-refractivity contribution in [3.63, 3.8) is 0 Å². The Morgan fingerprint density at radius 2 is 1.45 bits per heavy atom. The molecule has 0 aliphatic rings. The number of aliphatic hydroxyl groups is 1. The summed E-state index contributed by atoms with van der Waals surface area (Å²) in [4.78, 5) is 34.0. The minimum absolute atomic E-state index is 0.100. The number of methoxy groups -OCH3 is 1. The van der Waals surface area contributed by atoms with Gasteiger partial charge in [-0.1, -0.05) is 60.7 Å². The van der Waals surface area contributed by atoms with E-state index in [1.54, 1.807) is 66.7 Å². The smallest absolute Gasteiger partial charge is 0.318 e. The molecule has 202 valence electrons. The number of amides is 1. The number of nitrogens with zero attached hydrogens (tertiary/aromatic N) is 3. The number of nitro groups is 2. The van der Waals surface area contributed by atoms with Gasteiger partial charge < -0.3 is 14.6 Å². The van der Waals surface area contributed by atoms with Gasteiger partial charge in [0.15, 0.2) is 17.1 Å². The molecule has 2 N–H and O–H groups in total. The van der Waals surface area contributed by atoms with E-state index in [1.807, 2.05) is 0 Å². The second kappa shape index (κ2) is 11.8.